The molecular weight excluding hydrogens is 473 g/mol. The summed E-state index contributed by atoms with van der Waals surface area (Å²) in [6.45, 7) is 4.52. The Morgan fingerprint density at radius 2 is 1.85 bits per heavy atom. The van der Waals surface area contributed by atoms with Crippen molar-refractivity contribution in [2.45, 2.75) is 0 Å². The highest BCUT2D eigenvalue weighted by atomic mass is 35.5. The summed E-state index contributed by atoms with van der Waals surface area (Å²) in [4.78, 5) is 13.2. The summed E-state index contributed by atoms with van der Waals surface area (Å²) in [5, 5.41) is 12.5. The van der Waals surface area contributed by atoms with Crippen molar-refractivity contribution in [3.63, 3.8) is 0 Å². The van der Waals surface area contributed by atoms with Gasteiger partial charge in [-0.2, -0.15) is 0 Å². The molecule has 4 heterocycles. The maximum absolute atomic E-state index is 8.68. The quantitative estimate of drug-likeness (QED) is 0.257. The third-order valence-corrected chi connectivity index (χ3v) is 6.83. The van der Waals surface area contributed by atoms with Gasteiger partial charge in [-0.25, -0.2) is 4.98 Å². The normalized spacial score (nSPS) is 16.6. The zero-order valence-corrected chi connectivity index (χ0v) is 20.2. The third kappa shape index (κ3) is 4.36. The first kappa shape index (κ1) is 22.7. The van der Waals surface area contributed by atoms with E-state index in [1.54, 1.807) is 24.4 Å². The molecule has 10 heteroatoms. The first-order chi connectivity index (χ1) is 16.3. The van der Waals surface area contributed by atoms with Gasteiger partial charge in [0.1, 0.15) is 11.6 Å². The van der Waals surface area contributed by atoms with Crippen LogP contribution in [-0.2, 0) is 0 Å². The predicted molar refractivity (Wildman–Crippen MR) is 137 cm³/mol. The van der Waals surface area contributed by atoms with Gasteiger partial charge in [-0.1, -0.05) is 23.2 Å². The molecule has 2 aromatic heterocycles. The molecule has 0 radical (unpaired) electrons. The molecular formula is C24H25Cl2N7O. The lowest BCUT2D eigenvalue weighted by Crippen LogP contribution is -2.71. The number of nitrogens with two attached hydrogens (primary N) is 1. The lowest BCUT2D eigenvalue weighted by molar-refractivity contribution is -0.00279. The number of ether oxygens (including phenoxy) is 1. The van der Waals surface area contributed by atoms with Crippen LogP contribution >= 0.6 is 23.2 Å². The minimum atomic E-state index is 0.128. The number of nitrogens with one attached hydrogen (secondary N) is 2. The summed E-state index contributed by atoms with van der Waals surface area (Å²) >= 11 is 12.2. The second-order valence-electron chi connectivity index (χ2n) is 9.00. The van der Waals surface area contributed by atoms with Gasteiger partial charge in [0.15, 0.2) is 6.73 Å². The Balaban J connectivity index is 1.23. The molecule has 2 saturated heterocycles. The SMILES string of the molecule is CN1CC2(C1)CN(c1ccc(C(=N)c3cc(OCNc4c(Cl)cncc4Cl)ccc3N)cn1)C2. The number of nitrogen functional groups attached to an aromatic ring is 1. The Kier molecular flexibility index (Phi) is 5.97. The molecule has 8 nitrogen and oxygen atoms in total. The smallest absolute Gasteiger partial charge is 0.159 e. The van der Waals surface area contributed by atoms with E-state index in [4.69, 9.17) is 39.1 Å². The number of aromatic nitrogens is 2. The maximum Gasteiger partial charge on any atom is 0.159 e. The van der Waals surface area contributed by atoms with Crippen LogP contribution in [0.1, 0.15) is 11.1 Å². The van der Waals surface area contributed by atoms with E-state index in [0.29, 0.717) is 43.7 Å². The Morgan fingerprint density at radius 3 is 2.50 bits per heavy atom. The van der Waals surface area contributed by atoms with Gasteiger partial charge in [0.25, 0.3) is 0 Å². The molecule has 0 bridgehead atoms. The number of benzene rings is 1. The van der Waals surface area contributed by atoms with Crippen LogP contribution in [-0.4, -0.2) is 60.5 Å². The molecule has 3 aromatic rings. The molecule has 0 atom stereocenters. The molecule has 2 aliphatic heterocycles. The van der Waals surface area contributed by atoms with E-state index in [2.05, 4.69) is 32.1 Å². The molecule has 176 valence electrons. The van der Waals surface area contributed by atoms with Crippen molar-refractivity contribution in [1.82, 2.24) is 14.9 Å². The van der Waals surface area contributed by atoms with Gasteiger partial charge in [-0.15, -0.1) is 0 Å². The Hall–Kier alpha value is -3.07. The largest absolute Gasteiger partial charge is 0.473 e. The van der Waals surface area contributed by atoms with E-state index >= 15 is 0 Å². The van der Waals surface area contributed by atoms with Crippen LogP contribution < -0.4 is 20.7 Å². The van der Waals surface area contributed by atoms with Crippen molar-refractivity contribution in [3.8, 4) is 5.75 Å². The lowest BCUT2D eigenvalue weighted by atomic mass is 9.73. The van der Waals surface area contributed by atoms with Crippen molar-refractivity contribution in [1.29, 1.82) is 5.41 Å². The highest BCUT2D eigenvalue weighted by Gasteiger charge is 2.50. The topological polar surface area (TPSA) is 103 Å². The van der Waals surface area contributed by atoms with Crippen molar-refractivity contribution in [2.75, 3.05) is 55.9 Å². The second kappa shape index (κ2) is 8.94. The van der Waals surface area contributed by atoms with Crippen LogP contribution in [0.5, 0.6) is 5.75 Å². The number of rotatable bonds is 7. The molecule has 5 rings (SSSR count). The van der Waals surface area contributed by atoms with Crippen LogP contribution in [0.3, 0.4) is 0 Å². The highest BCUT2D eigenvalue weighted by Crippen LogP contribution is 2.40. The molecule has 0 amide bonds. The van der Waals surface area contributed by atoms with Crippen LogP contribution in [0.4, 0.5) is 17.2 Å². The zero-order chi connectivity index (χ0) is 23.9. The van der Waals surface area contributed by atoms with Gasteiger partial charge in [-0.05, 0) is 37.4 Å². The molecule has 34 heavy (non-hydrogen) atoms. The molecule has 4 N–H and O–H groups in total. The first-order valence-electron chi connectivity index (χ1n) is 10.9. The van der Waals surface area contributed by atoms with E-state index in [1.165, 1.54) is 12.4 Å². The number of hydrogen-bond acceptors (Lipinski definition) is 8. The molecule has 0 aliphatic carbocycles. The summed E-state index contributed by atoms with van der Waals surface area (Å²) in [6, 6.07) is 9.12. The minimum absolute atomic E-state index is 0.128. The van der Waals surface area contributed by atoms with Gasteiger partial charge >= 0.3 is 0 Å². The lowest BCUT2D eigenvalue weighted by Gasteiger charge is -2.59. The number of anilines is 3. The van der Waals surface area contributed by atoms with Gasteiger partial charge in [-0.3, -0.25) is 10.4 Å². The van der Waals surface area contributed by atoms with Gasteiger partial charge < -0.3 is 25.6 Å². The van der Waals surface area contributed by atoms with E-state index in [9.17, 15) is 0 Å². The summed E-state index contributed by atoms with van der Waals surface area (Å²) < 4.78 is 5.79. The number of hydrogen-bond donors (Lipinski definition) is 3. The average molecular weight is 498 g/mol. The number of halogens is 2. The average Bonchev–Trinajstić information content (AvgIpc) is 2.78. The maximum atomic E-state index is 8.68. The zero-order valence-electron chi connectivity index (χ0n) is 18.7. The summed E-state index contributed by atoms with van der Waals surface area (Å²) in [5.74, 6) is 1.50. The van der Waals surface area contributed by atoms with Crippen LogP contribution in [0.15, 0.2) is 48.9 Å². The molecule has 1 spiro atoms. The van der Waals surface area contributed by atoms with Gasteiger partial charge in [0, 0.05) is 67.0 Å². The molecule has 2 fully saturated rings. The Morgan fingerprint density at radius 1 is 1.12 bits per heavy atom. The fraction of sp³-hybridized carbons (Fsp3) is 0.292. The van der Waals surface area contributed by atoms with Crippen molar-refractivity contribution in [2.24, 2.45) is 5.41 Å². The molecule has 0 saturated carbocycles. The molecule has 2 aliphatic rings. The summed E-state index contributed by atoms with van der Waals surface area (Å²) in [6.07, 6.45) is 4.74. The van der Waals surface area contributed by atoms with Crippen LogP contribution in [0.2, 0.25) is 10.0 Å². The van der Waals surface area contributed by atoms with E-state index in [0.717, 1.165) is 32.0 Å². The van der Waals surface area contributed by atoms with Crippen LogP contribution in [0.25, 0.3) is 0 Å². The van der Waals surface area contributed by atoms with Crippen molar-refractivity contribution >= 4 is 46.1 Å². The van der Waals surface area contributed by atoms with Crippen molar-refractivity contribution in [3.05, 3.63) is 70.1 Å². The fourth-order valence-corrected chi connectivity index (χ4v) is 5.21. The number of nitrogens with zero attached hydrogens (tertiary/aromatic N) is 4. The summed E-state index contributed by atoms with van der Waals surface area (Å²) in [7, 11) is 2.15. The van der Waals surface area contributed by atoms with Crippen molar-refractivity contribution < 1.29 is 4.74 Å². The number of pyridine rings is 2. The molecule has 1 aromatic carbocycles. The van der Waals surface area contributed by atoms with E-state index in [-0.39, 0.29) is 12.4 Å². The highest BCUT2D eigenvalue weighted by molar-refractivity contribution is 6.38. The van der Waals surface area contributed by atoms with Gasteiger partial charge in [0.2, 0.25) is 0 Å². The van der Waals surface area contributed by atoms with E-state index in [1.807, 2.05) is 12.1 Å². The Labute approximate surface area is 208 Å². The fourth-order valence-electron chi connectivity index (χ4n) is 4.71. The predicted octanol–water partition coefficient (Wildman–Crippen LogP) is 3.98. The Bertz CT molecular complexity index is 1200. The van der Waals surface area contributed by atoms with E-state index < -0.39 is 0 Å². The monoisotopic (exact) mass is 497 g/mol. The molecule has 0 unspecified atom stereocenters. The first-order valence-corrected chi connectivity index (χ1v) is 11.6. The standard InChI is InChI=1S/C24H25Cl2N7O/c1-32-10-24(11-32)12-33(13-24)21-5-2-15(7-30-21)22(28)17-6-16(3-4-20(17)27)34-14-31-23-18(25)8-29-9-19(23)26/h2-9,28H,10-14,27H2,1H3,(H,29,31). The number of likely N-dealkylation sites (tertiary alicyclic amines) is 1. The summed E-state index contributed by atoms with van der Waals surface area (Å²) in [5.41, 5.74) is 9.22. The van der Waals surface area contributed by atoms with Gasteiger partial charge in [0.05, 0.1) is 21.4 Å². The minimum Gasteiger partial charge on any atom is -0.473 e. The second-order valence-corrected chi connectivity index (χ2v) is 9.82. The van der Waals surface area contributed by atoms with Crippen LogP contribution in [0, 0.1) is 10.8 Å². The third-order valence-electron chi connectivity index (χ3n) is 6.26.